The first-order valence-corrected chi connectivity index (χ1v) is 13.0. The Labute approximate surface area is 228 Å². The summed E-state index contributed by atoms with van der Waals surface area (Å²) in [6.45, 7) is 5.68. The number of aliphatic hydroxyl groups is 2. The van der Waals surface area contributed by atoms with Gasteiger partial charge in [0.25, 0.3) is 0 Å². The fourth-order valence-corrected chi connectivity index (χ4v) is 4.99. The number of aromatic nitrogens is 2. The lowest BCUT2D eigenvalue weighted by Gasteiger charge is -2.47. The Morgan fingerprint density at radius 2 is 1.90 bits per heavy atom. The van der Waals surface area contributed by atoms with E-state index in [1.165, 1.54) is 6.08 Å². The summed E-state index contributed by atoms with van der Waals surface area (Å²) >= 11 is 0. The maximum absolute atomic E-state index is 11.8. The SMILES string of the molecule is C=CC(O)Nc1ccccc1Nc1ncc2c(n1)N(C1CCCNC1)C(O)N(c1cc(OC)cc(OC)c1)C2. The van der Waals surface area contributed by atoms with Crippen LogP contribution in [0.4, 0.5) is 28.8 Å². The van der Waals surface area contributed by atoms with Crippen molar-refractivity contribution in [2.45, 2.75) is 38.0 Å². The zero-order chi connectivity index (χ0) is 27.4. The van der Waals surface area contributed by atoms with Crippen LogP contribution in [0.3, 0.4) is 0 Å². The summed E-state index contributed by atoms with van der Waals surface area (Å²) in [5.74, 6) is 2.33. The average molecular weight is 534 g/mol. The van der Waals surface area contributed by atoms with E-state index in [1.54, 1.807) is 26.5 Å². The van der Waals surface area contributed by atoms with E-state index in [0.29, 0.717) is 41.2 Å². The van der Waals surface area contributed by atoms with E-state index < -0.39 is 12.6 Å². The van der Waals surface area contributed by atoms with Gasteiger partial charge in [-0.05, 0) is 37.6 Å². The second-order valence-corrected chi connectivity index (χ2v) is 9.49. The van der Waals surface area contributed by atoms with Gasteiger partial charge < -0.3 is 45.4 Å². The highest BCUT2D eigenvalue weighted by molar-refractivity contribution is 5.73. The van der Waals surface area contributed by atoms with Crippen molar-refractivity contribution in [2.75, 3.05) is 47.7 Å². The largest absolute Gasteiger partial charge is 0.497 e. The fourth-order valence-electron chi connectivity index (χ4n) is 4.99. The summed E-state index contributed by atoms with van der Waals surface area (Å²) in [4.78, 5) is 13.3. The van der Waals surface area contributed by atoms with Gasteiger partial charge in [0, 0.05) is 48.2 Å². The molecule has 11 heteroatoms. The van der Waals surface area contributed by atoms with Gasteiger partial charge in [0.15, 0.2) is 0 Å². The first-order valence-electron chi connectivity index (χ1n) is 13.0. The quantitative estimate of drug-likeness (QED) is 0.206. The van der Waals surface area contributed by atoms with Gasteiger partial charge in [-0.25, -0.2) is 4.98 Å². The molecule has 2 aliphatic heterocycles. The Morgan fingerprint density at radius 1 is 1.15 bits per heavy atom. The van der Waals surface area contributed by atoms with Gasteiger partial charge in [-0.15, -0.1) is 0 Å². The number of benzene rings is 2. The van der Waals surface area contributed by atoms with Crippen molar-refractivity contribution < 1.29 is 19.7 Å². The van der Waals surface area contributed by atoms with Crippen molar-refractivity contribution in [1.29, 1.82) is 0 Å². The molecule has 1 aromatic heterocycles. The number of para-hydroxylation sites is 2. The predicted octanol–water partition coefficient (Wildman–Crippen LogP) is 3.01. The molecule has 5 rings (SSSR count). The first-order chi connectivity index (χ1) is 19.0. The smallest absolute Gasteiger partial charge is 0.229 e. The number of ether oxygens (including phenoxy) is 2. The van der Waals surface area contributed by atoms with Gasteiger partial charge in [0.05, 0.1) is 32.1 Å². The van der Waals surface area contributed by atoms with Gasteiger partial charge >= 0.3 is 0 Å². The average Bonchev–Trinajstić information content (AvgIpc) is 2.97. The van der Waals surface area contributed by atoms with Crippen molar-refractivity contribution in [3.8, 4) is 11.5 Å². The van der Waals surface area contributed by atoms with Crippen LogP contribution in [-0.2, 0) is 6.54 Å². The third kappa shape index (κ3) is 5.70. The number of hydrogen-bond donors (Lipinski definition) is 5. The lowest BCUT2D eigenvalue weighted by Crippen LogP contribution is -2.59. The highest BCUT2D eigenvalue weighted by Gasteiger charge is 2.38. The Balaban J connectivity index is 1.51. The number of aliphatic hydroxyl groups excluding tert-OH is 2. The van der Waals surface area contributed by atoms with Gasteiger partial charge in [0.1, 0.15) is 23.5 Å². The summed E-state index contributed by atoms with van der Waals surface area (Å²) < 4.78 is 11.0. The highest BCUT2D eigenvalue weighted by Crippen LogP contribution is 2.38. The van der Waals surface area contributed by atoms with Crippen LogP contribution in [0.25, 0.3) is 0 Å². The topological polar surface area (TPSA) is 127 Å². The molecule has 3 unspecified atom stereocenters. The Bertz CT molecular complexity index is 1280. The summed E-state index contributed by atoms with van der Waals surface area (Å²) in [5, 5.41) is 31.5. The minimum absolute atomic E-state index is 0.0299. The van der Waals surface area contributed by atoms with Crippen molar-refractivity contribution >= 4 is 28.8 Å². The number of piperidine rings is 1. The van der Waals surface area contributed by atoms with Crippen LogP contribution in [0, 0.1) is 0 Å². The molecule has 3 heterocycles. The molecule has 0 aliphatic carbocycles. The molecule has 3 atom stereocenters. The van der Waals surface area contributed by atoms with Crippen molar-refractivity contribution in [3.05, 3.63) is 66.9 Å². The summed E-state index contributed by atoms with van der Waals surface area (Å²) in [6, 6.07) is 13.1. The van der Waals surface area contributed by atoms with E-state index in [2.05, 4.69) is 27.5 Å². The maximum atomic E-state index is 11.8. The molecule has 3 aromatic rings. The number of hydrogen-bond acceptors (Lipinski definition) is 11. The van der Waals surface area contributed by atoms with E-state index in [1.807, 2.05) is 46.2 Å². The Hall–Kier alpha value is -4.06. The highest BCUT2D eigenvalue weighted by atomic mass is 16.5. The van der Waals surface area contributed by atoms with Gasteiger partial charge in [0.2, 0.25) is 12.3 Å². The molecule has 0 spiro atoms. The third-order valence-electron chi connectivity index (χ3n) is 6.99. The Morgan fingerprint density at radius 3 is 2.56 bits per heavy atom. The lowest BCUT2D eigenvalue weighted by molar-refractivity contribution is 0.138. The Kier molecular flexibility index (Phi) is 8.01. The molecule has 2 aliphatic rings. The standard InChI is InChI=1S/C28H35N7O4/c1-4-25(36)31-23-9-5-6-10-24(23)32-27-30-15-18-17-34(20-12-21(38-2)14-22(13-20)39-3)28(37)35(26(18)33-27)19-8-7-11-29-16-19/h4-6,9-10,12-15,19,25,28-29,31,36-37H,1,7-8,11,16-17H2,2-3H3,(H,30,32,33). The lowest BCUT2D eigenvalue weighted by atomic mass is 10.0. The van der Waals surface area contributed by atoms with Crippen molar-refractivity contribution in [1.82, 2.24) is 15.3 Å². The second kappa shape index (κ2) is 11.8. The third-order valence-corrected chi connectivity index (χ3v) is 6.99. The van der Waals surface area contributed by atoms with Crippen LogP contribution in [0.2, 0.25) is 0 Å². The summed E-state index contributed by atoms with van der Waals surface area (Å²) in [6.07, 6.45) is 3.24. The van der Waals surface area contributed by atoms with E-state index in [0.717, 1.165) is 37.2 Å². The predicted molar refractivity (Wildman–Crippen MR) is 152 cm³/mol. The number of anilines is 5. The molecule has 0 saturated carbocycles. The van der Waals surface area contributed by atoms with Crippen LogP contribution in [-0.4, -0.2) is 66.1 Å². The molecule has 0 amide bonds. The minimum atomic E-state index is -0.973. The number of nitrogens with one attached hydrogen (secondary N) is 3. The van der Waals surface area contributed by atoms with Crippen LogP contribution < -0.4 is 35.2 Å². The van der Waals surface area contributed by atoms with Gasteiger partial charge in [-0.1, -0.05) is 18.7 Å². The van der Waals surface area contributed by atoms with E-state index >= 15 is 0 Å². The molecular formula is C28H35N7O4. The number of rotatable bonds is 9. The molecule has 2 aromatic carbocycles. The summed E-state index contributed by atoms with van der Waals surface area (Å²) in [7, 11) is 3.21. The van der Waals surface area contributed by atoms with Crippen molar-refractivity contribution in [3.63, 3.8) is 0 Å². The van der Waals surface area contributed by atoms with Crippen LogP contribution >= 0.6 is 0 Å². The molecule has 206 valence electrons. The molecule has 0 radical (unpaired) electrons. The molecule has 39 heavy (non-hydrogen) atoms. The molecule has 0 bridgehead atoms. The minimum Gasteiger partial charge on any atom is -0.497 e. The van der Waals surface area contributed by atoms with Crippen LogP contribution in [0.1, 0.15) is 18.4 Å². The molecule has 1 saturated heterocycles. The first kappa shape index (κ1) is 26.5. The number of methoxy groups -OCH3 is 2. The fraction of sp³-hybridized carbons (Fsp3) is 0.357. The van der Waals surface area contributed by atoms with Gasteiger partial charge in [-0.2, -0.15) is 4.98 Å². The maximum Gasteiger partial charge on any atom is 0.229 e. The molecular weight excluding hydrogens is 498 g/mol. The normalized spacial score (nSPS) is 19.6. The van der Waals surface area contributed by atoms with E-state index in [9.17, 15) is 10.2 Å². The van der Waals surface area contributed by atoms with Crippen LogP contribution in [0.5, 0.6) is 11.5 Å². The molecule has 1 fully saturated rings. The van der Waals surface area contributed by atoms with E-state index in [-0.39, 0.29) is 6.04 Å². The number of nitrogens with zero attached hydrogens (tertiary/aromatic N) is 4. The van der Waals surface area contributed by atoms with Crippen LogP contribution in [0.15, 0.2) is 61.3 Å². The summed E-state index contributed by atoms with van der Waals surface area (Å²) in [5.41, 5.74) is 3.02. The monoisotopic (exact) mass is 533 g/mol. The van der Waals surface area contributed by atoms with E-state index in [4.69, 9.17) is 14.5 Å². The second-order valence-electron chi connectivity index (χ2n) is 9.49. The van der Waals surface area contributed by atoms with Gasteiger partial charge in [-0.3, -0.25) is 0 Å². The van der Waals surface area contributed by atoms with Crippen molar-refractivity contribution in [2.24, 2.45) is 0 Å². The zero-order valence-corrected chi connectivity index (χ0v) is 22.2. The number of fused-ring (bicyclic) bond motifs is 1. The zero-order valence-electron chi connectivity index (χ0n) is 22.2. The molecule has 11 nitrogen and oxygen atoms in total. The molecule has 5 N–H and O–H groups in total.